The fourth-order valence-corrected chi connectivity index (χ4v) is 3.22. The second-order valence-corrected chi connectivity index (χ2v) is 7.13. The molecule has 0 aliphatic carbocycles. The van der Waals surface area contributed by atoms with Gasteiger partial charge in [0.25, 0.3) is 5.91 Å². The molecule has 0 aliphatic heterocycles. The molecule has 0 fully saturated rings. The second kappa shape index (κ2) is 6.89. The maximum Gasteiger partial charge on any atom is 0.256 e. The Labute approximate surface area is 136 Å². The molecule has 1 heterocycles. The average molecular weight is 333 g/mol. The minimum Gasteiger partial charge on any atom is -0.307 e. The number of hydrogen-bond donors (Lipinski definition) is 2. The number of pyridine rings is 1. The number of amides is 1. The Hall–Kier alpha value is -2.25. The van der Waals surface area contributed by atoms with Gasteiger partial charge in [-0.25, -0.2) is 18.1 Å². The Morgan fingerprint density at radius 1 is 1.09 bits per heavy atom. The number of benzene rings is 1. The van der Waals surface area contributed by atoms with E-state index in [9.17, 15) is 13.2 Å². The van der Waals surface area contributed by atoms with E-state index < -0.39 is 10.0 Å². The predicted molar refractivity (Wildman–Crippen MR) is 88.8 cm³/mol. The van der Waals surface area contributed by atoms with Gasteiger partial charge in [0.05, 0.1) is 4.90 Å². The van der Waals surface area contributed by atoms with Crippen molar-refractivity contribution in [3.05, 3.63) is 53.7 Å². The van der Waals surface area contributed by atoms with E-state index in [1.807, 2.05) is 13.0 Å². The topological polar surface area (TPSA) is 88.2 Å². The van der Waals surface area contributed by atoms with Gasteiger partial charge in [0.2, 0.25) is 10.0 Å². The van der Waals surface area contributed by atoms with Gasteiger partial charge < -0.3 is 5.32 Å². The van der Waals surface area contributed by atoms with E-state index in [4.69, 9.17) is 0 Å². The van der Waals surface area contributed by atoms with E-state index in [2.05, 4.69) is 15.0 Å². The third kappa shape index (κ3) is 4.61. The van der Waals surface area contributed by atoms with Gasteiger partial charge >= 0.3 is 0 Å². The summed E-state index contributed by atoms with van der Waals surface area (Å²) in [5.41, 5.74) is 1.15. The summed E-state index contributed by atoms with van der Waals surface area (Å²) in [6, 6.07) is 10.9. The van der Waals surface area contributed by atoms with Crippen LogP contribution >= 0.6 is 0 Å². The van der Waals surface area contributed by atoms with Crippen molar-refractivity contribution in [1.82, 2.24) is 9.71 Å². The van der Waals surface area contributed by atoms with E-state index in [1.54, 1.807) is 26.0 Å². The Morgan fingerprint density at radius 3 is 2.30 bits per heavy atom. The van der Waals surface area contributed by atoms with Crippen molar-refractivity contribution in [3.63, 3.8) is 0 Å². The normalized spacial score (nSPS) is 11.5. The van der Waals surface area contributed by atoms with Crippen LogP contribution in [0.4, 0.5) is 5.82 Å². The molecule has 23 heavy (non-hydrogen) atoms. The first kappa shape index (κ1) is 17.1. The van der Waals surface area contributed by atoms with Crippen LogP contribution in [0.15, 0.2) is 47.4 Å². The van der Waals surface area contributed by atoms with Gasteiger partial charge in [-0.15, -0.1) is 0 Å². The largest absolute Gasteiger partial charge is 0.307 e. The van der Waals surface area contributed by atoms with E-state index in [-0.39, 0.29) is 16.8 Å². The van der Waals surface area contributed by atoms with Gasteiger partial charge in [0.15, 0.2) is 0 Å². The zero-order chi connectivity index (χ0) is 17.0. The molecular formula is C16H19N3O3S. The fraction of sp³-hybridized carbons (Fsp3) is 0.250. The highest BCUT2D eigenvalue weighted by atomic mass is 32.2. The number of aryl methyl sites for hydroxylation is 1. The summed E-state index contributed by atoms with van der Waals surface area (Å²) in [6.07, 6.45) is 0. The van der Waals surface area contributed by atoms with Crippen molar-refractivity contribution in [1.29, 1.82) is 0 Å². The number of aromatic nitrogens is 1. The van der Waals surface area contributed by atoms with Crippen LogP contribution in [-0.2, 0) is 10.0 Å². The standard InChI is InChI=1S/C16H19N3O3S/c1-11(2)19-23(21,22)14-9-7-13(8-10-14)16(20)18-15-6-4-5-12(3)17-15/h4-11,19H,1-3H3,(H,17,18,20). The SMILES string of the molecule is Cc1cccc(NC(=O)c2ccc(S(=O)(=O)NC(C)C)cc2)n1. The first-order valence-electron chi connectivity index (χ1n) is 7.15. The van der Waals surface area contributed by atoms with Crippen LogP contribution in [0.25, 0.3) is 0 Å². The number of nitrogens with one attached hydrogen (secondary N) is 2. The fourth-order valence-electron chi connectivity index (χ4n) is 1.96. The van der Waals surface area contributed by atoms with Crippen molar-refractivity contribution in [3.8, 4) is 0 Å². The van der Waals surface area contributed by atoms with Crippen LogP contribution in [0.3, 0.4) is 0 Å². The van der Waals surface area contributed by atoms with Crippen molar-refractivity contribution < 1.29 is 13.2 Å². The van der Waals surface area contributed by atoms with E-state index in [1.165, 1.54) is 24.3 Å². The molecular weight excluding hydrogens is 314 g/mol. The molecule has 2 rings (SSSR count). The Balaban J connectivity index is 2.14. The molecule has 7 heteroatoms. The third-order valence-corrected chi connectivity index (χ3v) is 4.62. The van der Waals surface area contributed by atoms with Gasteiger partial charge in [-0.1, -0.05) is 6.07 Å². The Morgan fingerprint density at radius 2 is 1.74 bits per heavy atom. The summed E-state index contributed by atoms with van der Waals surface area (Å²) in [4.78, 5) is 16.5. The lowest BCUT2D eigenvalue weighted by Crippen LogP contribution is -2.30. The van der Waals surface area contributed by atoms with Crippen molar-refractivity contribution in [2.24, 2.45) is 0 Å². The number of nitrogens with zero attached hydrogens (tertiary/aromatic N) is 1. The zero-order valence-electron chi connectivity index (χ0n) is 13.2. The summed E-state index contributed by atoms with van der Waals surface area (Å²) < 4.78 is 26.6. The number of anilines is 1. The Bertz CT molecular complexity index is 800. The third-order valence-electron chi connectivity index (χ3n) is 2.95. The van der Waals surface area contributed by atoms with Gasteiger partial charge in [-0.2, -0.15) is 0 Å². The molecule has 0 radical (unpaired) electrons. The van der Waals surface area contributed by atoms with Crippen molar-refractivity contribution in [2.45, 2.75) is 31.7 Å². The maximum atomic E-state index is 12.1. The molecule has 0 saturated carbocycles. The number of carbonyl (C=O) groups is 1. The van der Waals surface area contributed by atoms with Crippen LogP contribution in [0, 0.1) is 6.92 Å². The molecule has 2 N–H and O–H groups in total. The van der Waals surface area contributed by atoms with Gasteiger partial charge in [-0.3, -0.25) is 4.79 Å². The van der Waals surface area contributed by atoms with Gasteiger partial charge in [-0.05, 0) is 57.2 Å². The minimum atomic E-state index is -3.56. The van der Waals surface area contributed by atoms with Crippen molar-refractivity contribution >= 4 is 21.7 Å². The Kier molecular flexibility index (Phi) is 5.12. The molecule has 0 unspecified atom stereocenters. The summed E-state index contributed by atoms with van der Waals surface area (Å²) in [5.74, 6) is 0.108. The van der Waals surface area contributed by atoms with E-state index in [0.717, 1.165) is 5.69 Å². The minimum absolute atomic E-state index is 0.122. The van der Waals surface area contributed by atoms with Crippen molar-refractivity contribution in [2.75, 3.05) is 5.32 Å². The number of sulfonamides is 1. The molecule has 0 spiro atoms. The average Bonchev–Trinajstić information content (AvgIpc) is 2.46. The number of hydrogen-bond acceptors (Lipinski definition) is 4. The predicted octanol–water partition coefficient (Wildman–Crippen LogP) is 2.33. The molecule has 1 amide bonds. The quantitative estimate of drug-likeness (QED) is 0.879. The number of carbonyl (C=O) groups excluding carboxylic acids is 1. The molecule has 2 aromatic rings. The van der Waals surface area contributed by atoms with Gasteiger partial charge in [0, 0.05) is 17.3 Å². The van der Waals surface area contributed by atoms with Crippen LogP contribution in [0.5, 0.6) is 0 Å². The van der Waals surface area contributed by atoms with Crippen LogP contribution < -0.4 is 10.0 Å². The smallest absolute Gasteiger partial charge is 0.256 e. The summed E-state index contributed by atoms with van der Waals surface area (Å²) >= 11 is 0. The molecule has 0 aliphatic rings. The number of rotatable bonds is 5. The molecule has 1 aromatic heterocycles. The van der Waals surface area contributed by atoms with E-state index >= 15 is 0 Å². The van der Waals surface area contributed by atoms with Crippen LogP contribution in [0.1, 0.15) is 29.9 Å². The highest BCUT2D eigenvalue weighted by Crippen LogP contribution is 2.13. The van der Waals surface area contributed by atoms with Crippen LogP contribution in [-0.4, -0.2) is 25.4 Å². The first-order valence-corrected chi connectivity index (χ1v) is 8.63. The zero-order valence-corrected chi connectivity index (χ0v) is 14.0. The molecule has 6 nitrogen and oxygen atoms in total. The first-order chi connectivity index (χ1) is 10.8. The highest BCUT2D eigenvalue weighted by Gasteiger charge is 2.16. The second-order valence-electron chi connectivity index (χ2n) is 5.42. The lowest BCUT2D eigenvalue weighted by Gasteiger charge is -2.10. The molecule has 1 aromatic carbocycles. The lowest BCUT2D eigenvalue weighted by molar-refractivity contribution is 0.102. The van der Waals surface area contributed by atoms with Crippen LogP contribution in [0.2, 0.25) is 0 Å². The van der Waals surface area contributed by atoms with Gasteiger partial charge in [0.1, 0.15) is 5.82 Å². The summed E-state index contributed by atoms with van der Waals surface area (Å²) in [5, 5.41) is 2.67. The molecule has 0 atom stereocenters. The molecule has 0 bridgehead atoms. The molecule has 0 saturated heterocycles. The highest BCUT2D eigenvalue weighted by molar-refractivity contribution is 7.89. The summed E-state index contributed by atoms with van der Waals surface area (Å²) in [6.45, 7) is 5.32. The lowest BCUT2D eigenvalue weighted by atomic mass is 10.2. The monoisotopic (exact) mass is 333 g/mol. The van der Waals surface area contributed by atoms with E-state index in [0.29, 0.717) is 11.4 Å². The molecule has 122 valence electrons. The summed E-state index contributed by atoms with van der Waals surface area (Å²) in [7, 11) is -3.56. The maximum absolute atomic E-state index is 12.1.